The maximum Gasteiger partial charge on any atom is 0.169 e. The van der Waals surface area contributed by atoms with Crippen molar-refractivity contribution in [1.29, 1.82) is 0 Å². The Hall–Kier alpha value is -3.27. The molecule has 1 unspecified atom stereocenters. The molecule has 136 valence electrons. The maximum absolute atomic E-state index is 6.17. The monoisotopic (exact) mass is 357 g/mol. The van der Waals surface area contributed by atoms with Gasteiger partial charge in [0.05, 0.1) is 5.69 Å². The summed E-state index contributed by atoms with van der Waals surface area (Å²) in [7, 11) is 0. The van der Waals surface area contributed by atoms with Crippen LogP contribution in [0.1, 0.15) is 13.8 Å². The molecule has 4 aromatic rings. The topological polar surface area (TPSA) is 29.8 Å². The Morgan fingerprint density at radius 3 is 2.41 bits per heavy atom. The zero-order valence-corrected chi connectivity index (χ0v) is 15.6. The fourth-order valence-electron chi connectivity index (χ4n) is 3.31. The van der Waals surface area contributed by atoms with Gasteiger partial charge in [0.1, 0.15) is 11.4 Å². The molecule has 0 amide bonds. The van der Waals surface area contributed by atoms with Crippen LogP contribution >= 0.6 is 0 Å². The predicted octanol–water partition coefficient (Wildman–Crippen LogP) is 5.25. The Morgan fingerprint density at radius 2 is 1.70 bits per heavy atom. The van der Waals surface area contributed by atoms with E-state index in [0.717, 1.165) is 34.9 Å². The average molecular weight is 357 g/mol. The predicted molar refractivity (Wildman–Crippen MR) is 110 cm³/mol. The fourth-order valence-corrected chi connectivity index (χ4v) is 3.31. The van der Waals surface area contributed by atoms with E-state index in [1.54, 1.807) is 0 Å². The largest absolute Gasteiger partial charge is 0.471 e. The van der Waals surface area contributed by atoms with E-state index in [1.165, 1.54) is 0 Å². The second-order valence-electron chi connectivity index (χ2n) is 6.46. The van der Waals surface area contributed by atoms with Gasteiger partial charge in [-0.3, -0.25) is 0 Å². The van der Waals surface area contributed by atoms with Crippen LogP contribution in [0.5, 0.6) is 5.75 Å². The minimum Gasteiger partial charge on any atom is -0.471 e. The number of imidazole rings is 1. The van der Waals surface area contributed by atoms with E-state index < -0.39 is 0 Å². The van der Waals surface area contributed by atoms with Crippen molar-refractivity contribution in [3.63, 3.8) is 0 Å². The molecule has 0 saturated heterocycles. The van der Waals surface area contributed by atoms with Crippen molar-refractivity contribution < 1.29 is 4.74 Å². The SMILES string of the molecule is CCN(c1ccccc1)C(C)Oc1ccc(-c2cn3ccccc3n2)cc1. The highest BCUT2D eigenvalue weighted by atomic mass is 16.5. The Kier molecular flexibility index (Phi) is 4.79. The number of para-hydroxylation sites is 1. The Balaban J connectivity index is 1.50. The van der Waals surface area contributed by atoms with Crippen LogP contribution in [0, 0.1) is 0 Å². The number of aromatic nitrogens is 2. The first-order valence-electron chi connectivity index (χ1n) is 9.27. The number of hydrogen-bond donors (Lipinski definition) is 0. The first-order valence-corrected chi connectivity index (χ1v) is 9.27. The molecule has 2 aromatic carbocycles. The number of hydrogen-bond acceptors (Lipinski definition) is 3. The molecule has 2 aromatic heterocycles. The molecule has 2 heterocycles. The van der Waals surface area contributed by atoms with Gasteiger partial charge in [0, 0.05) is 30.2 Å². The number of ether oxygens (including phenoxy) is 1. The van der Waals surface area contributed by atoms with Gasteiger partial charge in [0.2, 0.25) is 0 Å². The highest BCUT2D eigenvalue weighted by Gasteiger charge is 2.14. The summed E-state index contributed by atoms with van der Waals surface area (Å²) in [6, 6.07) is 24.5. The third kappa shape index (κ3) is 3.65. The van der Waals surface area contributed by atoms with Crippen molar-refractivity contribution >= 4 is 11.3 Å². The number of anilines is 1. The molecular weight excluding hydrogens is 334 g/mol. The van der Waals surface area contributed by atoms with Crippen LogP contribution in [-0.4, -0.2) is 22.2 Å². The van der Waals surface area contributed by atoms with Gasteiger partial charge in [0.25, 0.3) is 0 Å². The average Bonchev–Trinajstić information content (AvgIpc) is 3.14. The highest BCUT2D eigenvalue weighted by molar-refractivity contribution is 5.63. The van der Waals surface area contributed by atoms with Gasteiger partial charge in [0.15, 0.2) is 6.23 Å². The lowest BCUT2D eigenvalue weighted by Crippen LogP contribution is -2.37. The highest BCUT2D eigenvalue weighted by Crippen LogP contribution is 2.24. The molecule has 4 nitrogen and oxygen atoms in total. The lowest BCUT2D eigenvalue weighted by Gasteiger charge is -2.30. The van der Waals surface area contributed by atoms with Crippen LogP contribution in [0.4, 0.5) is 5.69 Å². The van der Waals surface area contributed by atoms with E-state index in [2.05, 4.69) is 48.0 Å². The minimum absolute atomic E-state index is 0.0570. The van der Waals surface area contributed by atoms with Crippen molar-refractivity contribution in [3.8, 4) is 17.0 Å². The summed E-state index contributed by atoms with van der Waals surface area (Å²) in [6.45, 7) is 5.09. The van der Waals surface area contributed by atoms with Crippen LogP contribution in [0.3, 0.4) is 0 Å². The quantitative estimate of drug-likeness (QED) is 0.441. The van der Waals surface area contributed by atoms with E-state index in [-0.39, 0.29) is 6.23 Å². The number of nitrogens with zero attached hydrogens (tertiary/aromatic N) is 3. The third-order valence-electron chi connectivity index (χ3n) is 4.69. The fraction of sp³-hybridized carbons (Fsp3) is 0.174. The molecule has 0 fully saturated rings. The lowest BCUT2D eigenvalue weighted by atomic mass is 10.1. The third-order valence-corrected chi connectivity index (χ3v) is 4.69. The molecule has 0 saturated carbocycles. The normalized spacial score (nSPS) is 12.1. The zero-order valence-electron chi connectivity index (χ0n) is 15.6. The second-order valence-corrected chi connectivity index (χ2v) is 6.46. The summed E-state index contributed by atoms with van der Waals surface area (Å²) >= 11 is 0. The van der Waals surface area contributed by atoms with Gasteiger partial charge < -0.3 is 14.0 Å². The first-order chi connectivity index (χ1) is 13.2. The molecule has 0 bridgehead atoms. The molecule has 1 atom stereocenters. The van der Waals surface area contributed by atoms with Crippen molar-refractivity contribution in [3.05, 3.63) is 85.2 Å². The van der Waals surface area contributed by atoms with E-state index >= 15 is 0 Å². The smallest absolute Gasteiger partial charge is 0.169 e. The van der Waals surface area contributed by atoms with Gasteiger partial charge in [-0.05, 0) is 62.4 Å². The van der Waals surface area contributed by atoms with Crippen molar-refractivity contribution in [2.45, 2.75) is 20.1 Å². The van der Waals surface area contributed by atoms with Gasteiger partial charge in [-0.15, -0.1) is 0 Å². The molecule has 0 aliphatic rings. The maximum atomic E-state index is 6.17. The van der Waals surface area contributed by atoms with Crippen LogP contribution in [0.2, 0.25) is 0 Å². The lowest BCUT2D eigenvalue weighted by molar-refractivity contribution is 0.216. The van der Waals surface area contributed by atoms with Crippen LogP contribution in [0.25, 0.3) is 16.9 Å². The summed E-state index contributed by atoms with van der Waals surface area (Å²) in [5.74, 6) is 0.851. The van der Waals surface area contributed by atoms with E-state index in [9.17, 15) is 0 Å². The zero-order chi connectivity index (χ0) is 18.6. The molecular formula is C23H23N3O. The molecule has 0 spiro atoms. The number of fused-ring (bicyclic) bond motifs is 1. The van der Waals surface area contributed by atoms with E-state index in [1.807, 2.05) is 65.3 Å². The molecule has 4 rings (SSSR count). The molecule has 4 heteroatoms. The van der Waals surface area contributed by atoms with E-state index in [0.29, 0.717) is 0 Å². The van der Waals surface area contributed by atoms with Gasteiger partial charge in [-0.25, -0.2) is 4.98 Å². The van der Waals surface area contributed by atoms with E-state index in [4.69, 9.17) is 4.74 Å². The van der Waals surface area contributed by atoms with Gasteiger partial charge in [-0.1, -0.05) is 24.3 Å². The summed E-state index contributed by atoms with van der Waals surface area (Å²) in [6.07, 6.45) is 3.99. The summed E-state index contributed by atoms with van der Waals surface area (Å²) in [4.78, 5) is 6.90. The minimum atomic E-state index is -0.0570. The first kappa shape index (κ1) is 17.2. The molecule has 0 radical (unpaired) electrons. The standard InChI is InChI=1S/C23H23N3O/c1-3-26(20-9-5-4-6-10-20)18(2)27-21-14-12-19(13-15-21)22-17-25-16-8-7-11-23(25)24-22/h4-18H,3H2,1-2H3. The molecule has 0 N–H and O–H groups in total. The number of pyridine rings is 1. The number of benzene rings is 2. The molecule has 0 aliphatic heterocycles. The Bertz CT molecular complexity index is 976. The summed E-state index contributed by atoms with van der Waals surface area (Å²) in [5, 5.41) is 0. The van der Waals surface area contributed by atoms with Crippen LogP contribution in [0.15, 0.2) is 85.2 Å². The van der Waals surface area contributed by atoms with Crippen molar-refractivity contribution in [1.82, 2.24) is 9.38 Å². The Morgan fingerprint density at radius 1 is 0.963 bits per heavy atom. The second kappa shape index (κ2) is 7.54. The van der Waals surface area contributed by atoms with Crippen molar-refractivity contribution in [2.75, 3.05) is 11.4 Å². The Labute approximate surface area is 159 Å². The van der Waals surface area contributed by atoms with Crippen molar-refractivity contribution in [2.24, 2.45) is 0 Å². The van der Waals surface area contributed by atoms with Gasteiger partial charge >= 0.3 is 0 Å². The van der Waals surface area contributed by atoms with Crippen LogP contribution in [-0.2, 0) is 0 Å². The number of rotatable bonds is 6. The molecule has 0 aliphatic carbocycles. The summed E-state index contributed by atoms with van der Waals surface area (Å²) < 4.78 is 8.20. The molecule has 27 heavy (non-hydrogen) atoms. The summed E-state index contributed by atoms with van der Waals surface area (Å²) in [5.41, 5.74) is 4.14. The van der Waals surface area contributed by atoms with Crippen LogP contribution < -0.4 is 9.64 Å². The van der Waals surface area contributed by atoms with Gasteiger partial charge in [-0.2, -0.15) is 0 Å².